The molecule has 1 heterocycles. The molecule has 8 heteroatoms. The lowest BCUT2D eigenvalue weighted by molar-refractivity contribution is -0.121. The van der Waals surface area contributed by atoms with Crippen molar-refractivity contribution in [3.05, 3.63) is 53.6 Å². The van der Waals surface area contributed by atoms with Gasteiger partial charge in [0.05, 0.1) is 40.1 Å². The van der Waals surface area contributed by atoms with E-state index in [-0.39, 0.29) is 17.7 Å². The van der Waals surface area contributed by atoms with Crippen LogP contribution in [0.3, 0.4) is 0 Å². The molecule has 0 saturated carbocycles. The maximum Gasteiger partial charge on any atom is 0.220 e. The molecule has 2 aromatic carbocycles. The highest BCUT2D eigenvalue weighted by Crippen LogP contribution is 2.28. The molecule has 8 nitrogen and oxygen atoms in total. The summed E-state index contributed by atoms with van der Waals surface area (Å²) in [6, 6.07) is 13.1. The molecule has 2 aromatic rings. The van der Waals surface area contributed by atoms with Gasteiger partial charge in [0.2, 0.25) is 5.91 Å². The van der Waals surface area contributed by atoms with Crippen LogP contribution in [0.4, 0.5) is 0 Å². The van der Waals surface area contributed by atoms with Gasteiger partial charge in [-0.3, -0.25) is 14.5 Å². The Morgan fingerprint density at radius 3 is 2.41 bits per heavy atom. The van der Waals surface area contributed by atoms with E-state index < -0.39 is 0 Å². The Morgan fingerprint density at radius 1 is 1.03 bits per heavy atom. The number of ketones is 1. The lowest BCUT2D eigenvalue weighted by atomic mass is 10.0. The van der Waals surface area contributed by atoms with Gasteiger partial charge in [0.1, 0.15) is 5.75 Å². The van der Waals surface area contributed by atoms with Crippen molar-refractivity contribution in [3.8, 4) is 17.2 Å². The van der Waals surface area contributed by atoms with Gasteiger partial charge in [-0.25, -0.2) is 0 Å². The Bertz CT molecular complexity index is 941. The number of nitrogens with one attached hydrogen (secondary N) is 1. The first kappa shape index (κ1) is 25.5. The van der Waals surface area contributed by atoms with Gasteiger partial charge < -0.3 is 24.3 Å². The Hall–Kier alpha value is -3.10. The summed E-state index contributed by atoms with van der Waals surface area (Å²) >= 11 is 0. The predicted molar refractivity (Wildman–Crippen MR) is 129 cm³/mol. The number of benzene rings is 2. The van der Waals surface area contributed by atoms with Crippen molar-refractivity contribution in [2.45, 2.75) is 25.8 Å². The number of morpholine rings is 1. The molecule has 34 heavy (non-hydrogen) atoms. The molecule has 0 aromatic heterocycles. The highest BCUT2D eigenvalue weighted by Gasteiger charge is 2.23. The van der Waals surface area contributed by atoms with E-state index in [0.717, 1.165) is 24.4 Å². The molecule has 1 saturated heterocycles. The highest BCUT2D eigenvalue weighted by molar-refractivity contribution is 5.94. The minimum atomic E-state index is -0.0356. The van der Waals surface area contributed by atoms with E-state index in [1.54, 1.807) is 25.3 Å². The number of Topliss-reactive ketones (excluding diaryl/α,β-unsaturated/α-hetero) is 1. The van der Waals surface area contributed by atoms with Crippen LogP contribution in [0.25, 0.3) is 0 Å². The van der Waals surface area contributed by atoms with E-state index in [0.29, 0.717) is 56.3 Å². The average molecular weight is 471 g/mol. The minimum absolute atomic E-state index is 0.0192. The fourth-order valence-electron chi connectivity index (χ4n) is 3.89. The molecule has 184 valence electrons. The monoisotopic (exact) mass is 470 g/mol. The summed E-state index contributed by atoms with van der Waals surface area (Å²) in [7, 11) is 3.18. The molecule has 0 radical (unpaired) electrons. The van der Waals surface area contributed by atoms with Gasteiger partial charge in [0, 0.05) is 31.6 Å². The Morgan fingerprint density at radius 2 is 1.76 bits per heavy atom. The first-order valence-electron chi connectivity index (χ1n) is 11.6. The van der Waals surface area contributed by atoms with Crippen molar-refractivity contribution < 1.29 is 28.5 Å². The van der Waals surface area contributed by atoms with Gasteiger partial charge >= 0.3 is 0 Å². The number of hydrogen-bond donors (Lipinski definition) is 1. The standard InChI is InChI=1S/C26H34N2O6/c1-19(29)21-8-11-24(25(17-21)32-3)34-14-4-5-26(30)27-18-23(28-12-15-33-16-13-28)20-6-9-22(31-2)10-7-20/h6-11,17,23H,4-5,12-16,18H2,1-3H3,(H,27,30). The van der Waals surface area contributed by atoms with Crippen LogP contribution in [0.2, 0.25) is 0 Å². The van der Waals surface area contributed by atoms with E-state index in [9.17, 15) is 9.59 Å². The van der Waals surface area contributed by atoms with Crippen molar-refractivity contribution in [2.24, 2.45) is 0 Å². The number of amides is 1. The highest BCUT2D eigenvalue weighted by atomic mass is 16.5. The SMILES string of the molecule is COc1ccc(C(CNC(=O)CCCOc2ccc(C(C)=O)cc2OC)N2CCOCC2)cc1. The molecule has 0 spiro atoms. The molecular weight excluding hydrogens is 436 g/mol. The Labute approximate surface area is 201 Å². The molecule has 3 rings (SSSR count). The predicted octanol–water partition coefficient (Wildman–Crippen LogP) is 3.26. The van der Waals surface area contributed by atoms with Crippen LogP contribution in [-0.4, -0.2) is 70.3 Å². The van der Waals surface area contributed by atoms with E-state index >= 15 is 0 Å². The number of hydrogen-bond acceptors (Lipinski definition) is 7. The summed E-state index contributed by atoms with van der Waals surface area (Å²) in [6.07, 6.45) is 0.917. The number of rotatable bonds is 12. The largest absolute Gasteiger partial charge is 0.497 e. The van der Waals surface area contributed by atoms with E-state index in [2.05, 4.69) is 10.2 Å². The normalized spacial score (nSPS) is 14.8. The van der Waals surface area contributed by atoms with E-state index in [1.807, 2.05) is 24.3 Å². The molecule has 0 aliphatic carbocycles. The van der Waals surface area contributed by atoms with E-state index in [4.69, 9.17) is 18.9 Å². The molecule has 1 atom stereocenters. The third kappa shape index (κ3) is 7.20. The van der Waals surface area contributed by atoms with Crippen LogP contribution in [-0.2, 0) is 9.53 Å². The zero-order valence-electron chi connectivity index (χ0n) is 20.2. The third-order valence-electron chi connectivity index (χ3n) is 5.86. The van der Waals surface area contributed by atoms with Gasteiger partial charge in [0.25, 0.3) is 0 Å². The molecule has 1 N–H and O–H groups in total. The number of methoxy groups -OCH3 is 2. The zero-order valence-corrected chi connectivity index (χ0v) is 20.2. The molecule has 1 amide bonds. The third-order valence-corrected chi connectivity index (χ3v) is 5.86. The number of nitrogens with zero attached hydrogens (tertiary/aromatic N) is 1. The fraction of sp³-hybridized carbons (Fsp3) is 0.462. The summed E-state index contributed by atoms with van der Waals surface area (Å²) in [5.74, 6) is 1.81. The zero-order chi connectivity index (χ0) is 24.3. The Kier molecular flexibility index (Phi) is 9.73. The lowest BCUT2D eigenvalue weighted by Crippen LogP contribution is -2.43. The number of carbonyl (C=O) groups is 2. The molecule has 1 unspecified atom stereocenters. The second kappa shape index (κ2) is 13.0. The van der Waals surface area contributed by atoms with Crippen molar-refractivity contribution in [1.82, 2.24) is 10.2 Å². The van der Waals surface area contributed by atoms with Crippen LogP contribution >= 0.6 is 0 Å². The summed E-state index contributed by atoms with van der Waals surface area (Å²) in [6.45, 7) is 5.42. The van der Waals surface area contributed by atoms with Crippen LogP contribution in [0.5, 0.6) is 17.2 Å². The van der Waals surface area contributed by atoms with Gasteiger partial charge in [-0.05, 0) is 49.2 Å². The quantitative estimate of drug-likeness (QED) is 0.376. The van der Waals surface area contributed by atoms with Gasteiger partial charge in [-0.1, -0.05) is 12.1 Å². The first-order valence-corrected chi connectivity index (χ1v) is 11.6. The average Bonchev–Trinajstić information content (AvgIpc) is 2.87. The fourth-order valence-corrected chi connectivity index (χ4v) is 3.89. The first-order chi connectivity index (χ1) is 16.5. The van der Waals surface area contributed by atoms with Crippen LogP contribution < -0.4 is 19.5 Å². The van der Waals surface area contributed by atoms with Crippen molar-refractivity contribution >= 4 is 11.7 Å². The molecule has 1 fully saturated rings. The smallest absolute Gasteiger partial charge is 0.220 e. The number of ether oxygens (including phenoxy) is 4. The molecule has 1 aliphatic heterocycles. The maximum atomic E-state index is 12.5. The second-order valence-corrected chi connectivity index (χ2v) is 8.12. The van der Waals surface area contributed by atoms with Crippen molar-refractivity contribution in [1.29, 1.82) is 0 Å². The topological polar surface area (TPSA) is 86.3 Å². The summed E-state index contributed by atoms with van der Waals surface area (Å²) in [5.41, 5.74) is 1.70. The lowest BCUT2D eigenvalue weighted by Gasteiger charge is -2.35. The second-order valence-electron chi connectivity index (χ2n) is 8.12. The number of carbonyl (C=O) groups excluding carboxylic acids is 2. The minimum Gasteiger partial charge on any atom is -0.497 e. The molecular formula is C26H34N2O6. The summed E-state index contributed by atoms with van der Waals surface area (Å²) in [5, 5.41) is 3.08. The van der Waals surface area contributed by atoms with Crippen LogP contribution in [0.1, 0.15) is 41.7 Å². The van der Waals surface area contributed by atoms with E-state index in [1.165, 1.54) is 14.0 Å². The van der Waals surface area contributed by atoms with Gasteiger partial charge in [0.15, 0.2) is 17.3 Å². The van der Waals surface area contributed by atoms with Gasteiger partial charge in [-0.15, -0.1) is 0 Å². The summed E-state index contributed by atoms with van der Waals surface area (Å²) < 4.78 is 21.9. The maximum absolute atomic E-state index is 12.5. The summed E-state index contributed by atoms with van der Waals surface area (Å²) in [4.78, 5) is 26.4. The van der Waals surface area contributed by atoms with Crippen molar-refractivity contribution in [2.75, 3.05) is 53.7 Å². The van der Waals surface area contributed by atoms with Crippen LogP contribution in [0.15, 0.2) is 42.5 Å². The van der Waals surface area contributed by atoms with Gasteiger partial charge in [-0.2, -0.15) is 0 Å². The van der Waals surface area contributed by atoms with Crippen molar-refractivity contribution in [3.63, 3.8) is 0 Å². The Balaban J connectivity index is 1.49. The van der Waals surface area contributed by atoms with Crippen LogP contribution in [0, 0.1) is 0 Å². The molecule has 0 bridgehead atoms. The molecule has 1 aliphatic rings.